The van der Waals surface area contributed by atoms with Gasteiger partial charge < -0.3 is 15.0 Å². The molecule has 2 rings (SSSR count). The lowest BCUT2D eigenvalue weighted by Crippen LogP contribution is -2.42. The van der Waals surface area contributed by atoms with Crippen molar-refractivity contribution >= 4 is 5.69 Å². The van der Waals surface area contributed by atoms with Gasteiger partial charge in [0.1, 0.15) is 5.75 Å². The van der Waals surface area contributed by atoms with Gasteiger partial charge in [0, 0.05) is 30.9 Å². The monoisotopic (exact) mass is 248 g/mol. The number of rotatable bonds is 5. The Hall–Kier alpha value is -1.22. The van der Waals surface area contributed by atoms with Gasteiger partial charge in [-0.1, -0.05) is 13.0 Å². The zero-order chi connectivity index (χ0) is 12.8. The van der Waals surface area contributed by atoms with Crippen LogP contribution in [0.15, 0.2) is 24.3 Å². The van der Waals surface area contributed by atoms with E-state index in [2.05, 4.69) is 35.3 Å². The van der Waals surface area contributed by atoms with Crippen molar-refractivity contribution < 1.29 is 4.74 Å². The van der Waals surface area contributed by atoms with Crippen LogP contribution in [0, 0.1) is 0 Å². The Morgan fingerprint density at radius 1 is 1.33 bits per heavy atom. The van der Waals surface area contributed by atoms with E-state index in [0.29, 0.717) is 6.04 Å². The maximum absolute atomic E-state index is 5.28. The second kappa shape index (κ2) is 6.64. The molecule has 0 atom stereocenters. The third-order valence-electron chi connectivity index (χ3n) is 3.60. The molecule has 3 nitrogen and oxygen atoms in total. The van der Waals surface area contributed by atoms with E-state index in [9.17, 15) is 0 Å². The summed E-state index contributed by atoms with van der Waals surface area (Å²) in [6.07, 6.45) is 3.69. The Bertz CT molecular complexity index is 359. The SMILES string of the molecule is CCCNC1CCN(c2cccc(OC)c2)CC1. The van der Waals surface area contributed by atoms with Crippen LogP contribution in [0.25, 0.3) is 0 Å². The first-order valence-corrected chi connectivity index (χ1v) is 6.96. The van der Waals surface area contributed by atoms with Gasteiger partial charge in [0.25, 0.3) is 0 Å². The predicted octanol–water partition coefficient (Wildman–Crippen LogP) is 2.66. The summed E-state index contributed by atoms with van der Waals surface area (Å²) in [6, 6.07) is 9.06. The van der Waals surface area contributed by atoms with Crippen LogP contribution >= 0.6 is 0 Å². The number of hydrogen-bond donors (Lipinski definition) is 1. The summed E-state index contributed by atoms with van der Waals surface area (Å²) >= 11 is 0. The third-order valence-corrected chi connectivity index (χ3v) is 3.60. The Balaban J connectivity index is 1.88. The lowest BCUT2D eigenvalue weighted by atomic mass is 10.0. The first kappa shape index (κ1) is 13.2. The van der Waals surface area contributed by atoms with Gasteiger partial charge in [-0.15, -0.1) is 0 Å². The Kier molecular flexibility index (Phi) is 4.88. The van der Waals surface area contributed by atoms with Crippen LogP contribution in [0.1, 0.15) is 26.2 Å². The highest BCUT2D eigenvalue weighted by Crippen LogP contribution is 2.24. The highest BCUT2D eigenvalue weighted by molar-refractivity contribution is 5.51. The number of nitrogens with one attached hydrogen (secondary N) is 1. The van der Waals surface area contributed by atoms with E-state index < -0.39 is 0 Å². The lowest BCUT2D eigenvalue weighted by Gasteiger charge is -2.34. The summed E-state index contributed by atoms with van der Waals surface area (Å²) in [7, 11) is 1.72. The smallest absolute Gasteiger partial charge is 0.120 e. The highest BCUT2D eigenvalue weighted by atomic mass is 16.5. The summed E-state index contributed by atoms with van der Waals surface area (Å²) in [6.45, 7) is 5.63. The molecule has 1 saturated heterocycles. The van der Waals surface area contributed by atoms with E-state index in [1.54, 1.807) is 7.11 Å². The molecule has 1 aromatic rings. The van der Waals surface area contributed by atoms with Gasteiger partial charge in [0.2, 0.25) is 0 Å². The minimum Gasteiger partial charge on any atom is -0.497 e. The van der Waals surface area contributed by atoms with Crippen molar-refractivity contribution in [1.82, 2.24) is 5.32 Å². The number of ether oxygens (including phenoxy) is 1. The first-order valence-electron chi connectivity index (χ1n) is 6.96. The molecule has 100 valence electrons. The van der Waals surface area contributed by atoms with Crippen molar-refractivity contribution in [2.75, 3.05) is 31.6 Å². The van der Waals surface area contributed by atoms with E-state index in [-0.39, 0.29) is 0 Å². The maximum atomic E-state index is 5.28. The van der Waals surface area contributed by atoms with Crippen molar-refractivity contribution in [3.05, 3.63) is 24.3 Å². The summed E-state index contributed by atoms with van der Waals surface area (Å²) in [4.78, 5) is 2.45. The van der Waals surface area contributed by atoms with Crippen LogP contribution in [-0.2, 0) is 0 Å². The van der Waals surface area contributed by atoms with Gasteiger partial charge in [-0.3, -0.25) is 0 Å². The second-order valence-corrected chi connectivity index (χ2v) is 4.92. The Morgan fingerprint density at radius 2 is 2.11 bits per heavy atom. The predicted molar refractivity (Wildman–Crippen MR) is 76.5 cm³/mol. The Morgan fingerprint density at radius 3 is 2.78 bits per heavy atom. The highest BCUT2D eigenvalue weighted by Gasteiger charge is 2.18. The number of hydrogen-bond acceptors (Lipinski definition) is 3. The molecule has 3 heteroatoms. The quantitative estimate of drug-likeness (QED) is 0.867. The van der Waals surface area contributed by atoms with Gasteiger partial charge in [-0.2, -0.15) is 0 Å². The largest absolute Gasteiger partial charge is 0.497 e. The fraction of sp³-hybridized carbons (Fsp3) is 0.600. The lowest BCUT2D eigenvalue weighted by molar-refractivity contribution is 0.409. The Labute approximate surface area is 110 Å². The first-order chi connectivity index (χ1) is 8.83. The fourth-order valence-electron chi connectivity index (χ4n) is 2.50. The zero-order valence-corrected chi connectivity index (χ0v) is 11.5. The topological polar surface area (TPSA) is 24.5 Å². The van der Waals surface area contributed by atoms with E-state index in [0.717, 1.165) is 25.4 Å². The zero-order valence-electron chi connectivity index (χ0n) is 11.5. The third kappa shape index (κ3) is 3.39. The van der Waals surface area contributed by atoms with Crippen LogP contribution in [0.4, 0.5) is 5.69 Å². The number of methoxy groups -OCH3 is 1. The molecular weight excluding hydrogens is 224 g/mol. The van der Waals surface area contributed by atoms with Crippen LogP contribution in [0.2, 0.25) is 0 Å². The standard InChI is InChI=1S/C15H24N2O/c1-3-9-16-13-7-10-17(11-8-13)14-5-4-6-15(12-14)18-2/h4-6,12-13,16H,3,7-11H2,1-2H3. The van der Waals surface area contributed by atoms with Gasteiger partial charge >= 0.3 is 0 Å². The molecule has 1 aliphatic rings. The maximum Gasteiger partial charge on any atom is 0.120 e. The minimum atomic E-state index is 0.701. The molecule has 0 amide bonds. The average molecular weight is 248 g/mol. The number of benzene rings is 1. The normalized spacial score (nSPS) is 16.9. The molecule has 0 aliphatic carbocycles. The molecule has 1 aromatic carbocycles. The molecular formula is C15H24N2O. The fourth-order valence-corrected chi connectivity index (χ4v) is 2.50. The van der Waals surface area contributed by atoms with Crippen molar-refractivity contribution in [2.45, 2.75) is 32.2 Å². The van der Waals surface area contributed by atoms with Crippen LogP contribution in [-0.4, -0.2) is 32.8 Å². The molecule has 0 unspecified atom stereocenters. The molecule has 0 saturated carbocycles. The summed E-state index contributed by atoms with van der Waals surface area (Å²) in [5.41, 5.74) is 1.28. The van der Waals surface area contributed by atoms with Crippen molar-refractivity contribution in [3.63, 3.8) is 0 Å². The van der Waals surface area contributed by atoms with Crippen LogP contribution in [0.5, 0.6) is 5.75 Å². The van der Waals surface area contributed by atoms with Crippen LogP contribution < -0.4 is 15.0 Å². The molecule has 0 radical (unpaired) electrons. The molecule has 1 aliphatic heterocycles. The number of nitrogens with zero attached hydrogens (tertiary/aromatic N) is 1. The second-order valence-electron chi connectivity index (χ2n) is 4.92. The molecule has 0 spiro atoms. The number of anilines is 1. The van der Waals surface area contributed by atoms with Gasteiger partial charge in [0.05, 0.1) is 7.11 Å². The molecule has 0 aromatic heterocycles. The number of piperidine rings is 1. The van der Waals surface area contributed by atoms with Crippen molar-refractivity contribution in [3.8, 4) is 5.75 Å². The summed E-state index contributed by atoms with van der Waals surface area (Å²) < 4.78 is 5.28. The van der Waals surface area contributed by atoms with Crippen molar-refractivity contribution in [2.24, 2.45) is 0 Å². The van der Waals surface area contributed by atoms with E-state index in [1.807, 2.05) is 6.07 Å². The summed E-state index contributed by atoms with van der Waals surface area (Å²) in [5.74, 6) is 0.943. The van der Waals surface area contributed by atoms with E-state index in [4.69, 9.17) is 4.74 Å². The van der Waals surface area contributed by atoms with Crippen LogP contribution in [0.3, 0.4) is 0 Å². The van der Waals surface area contributed by atoms with Gasteiger partial charge in [-0.05, 0) is 37.9 Å². The summed E-state index contributed by atoms with van der Waals surface area (Å²) in [5, 5.41) is 3.61. The van der Waals surface area contributed by atoms with Crippen molar-refractivity contribution in [1.29, 1.82) is 0 Å². The molecule has 1 N–H and O–H groups in total. The van der Waals surface area contributed by atoms with Gasteiger partial charge in [-0.25, -0.2) is 0 Å². The van der Waals surface area contributed by atoms with Gasteiger partial charge in [0.15, 0.2) is 0 Å². The minimum absolute atomic E-state index is 0.701. The molecule has 0 bridgehead atoms. The molecule has 1 heterocycles. The average Bonchev–Trinajstić information content (AvgIpc) is 2.46. The molecule has 1 fully saturated rings. The van der Waals surface area contributed by atoms with E-state index >= 15 is 0 Å². The van der Waals surface area contributed by atoms with E-state index in [1.165, 1.54) is 24.9 Å². The molecule has 18 heavy (non-hydrogen) atoms.